The number of nitriles is 1. The number of nitrogen functional groups attached to an aromatic ring is 1. The largest absolute Gasteiger partial charge is 0.454 e. The monoisotopic (exact) mass is 427 g/mol. The molecule has 1 aliphatic heterocycles. The van der Waals surface area contributed by atoms with Gasteiger partial charge in [0.15, 0.2) is 17.2 Å². The predicted molar refractivity (Wildman–Crippen MR) is 118 cm³/mol. The molecule has 0 saturated heterocycles. The van der Waals surface area contributed by atoms with E-state index in [1.807, 2.05) is 7.05 Å². The lowest BCUT2D eigenvalue weighted by atomic mass is 9.66. The Morgan fingerprint density at radius 2 is 2.12 bits per heavy atom. The number of nitrogens with two attached hydrogens (primary N) is 1. The molecular formula is C22H21N9O. The molecule has 0 amide bonds. The zero-order valence-corrected chi connectivity index (χ0v) is 17.5. The Bertz CT molecular complexity index is 1410. The Labute approximate surface area is 183 Å². The summed E-state index contributed by atoms with van der Waals surface area (Å²) in [6, 6.07) is 7.62. The third-order valence-corrected chi connectivity index (χ3v) is 6.63. The highest BCUT2D eigenvalue weighted by Gasteiger charge is 2.45. The minimum atomic E-state index is 0.317. The first-order valence-corrected chi connectivity index (χ1v) is 10.6. The normalized spacial score (nSPS) is 16.0. The van der Waals surface area contributed by atoms with Crippen molar-refractivity contribution in [2.24, 2.45) is 7.05 Å². The number of pyridine rings is 2. The molecule has 0 bridgehead atoms. The highest BCUT2D eigenvalue weighted by molar-refractivity contribution is 5.84. The van der Waals surface area contributed by atoms with Gasteiger partial charge in [0.25, 0.3) is 0 Å². The number of hydrogen-bond donors (Lipinski definition) is 2. The van der Waals surface area contributed by atoms with E-state index in [0.29, 0.717) is 45.4 Å². The van der Waals surface area contributed by atoms with Gasteiger partial charge >= 0.3 is 0 Å². The maximum atomic E-state index is 9.87. The molecular weight excluding hydrogens is 406 g/mol. The van der Waals surface area contributed by atoms with Crippen molar-refractivity contribution in [1.29, 1.82) is 5.26 Å². The topological polar surface area (TPSA) is 132 Å². The van der Waals surface area contributed by atoms with Gasteiger partial charge in [-0.25, -0.2) is 9.97 Å². The smallest absolute Gasteiger partial charge is 0.210 e. The fourth-order valence-corrected chi connectivity index (χ4v) is 4.82. The van der Waals surface area contributed by atoms with Crippen molar-refractivity contribution in [1.82, 2.24) is 29.3 Å². The SMILES string of the molecule is Cn1c(Nc2cc3n(n2)CCC32CCC2)nc2ncc(Oc3ccnc(N)c3)c(C#N)c21. The number of rotatable bonds is 4. The van der Waals surface area contributed by atoms with E-state index in [4.69, 9.17) is 15.6 Å². The number of nitrogens with zero attached hydrogens (tertiary/aromatic N) is 7. The number of anilines is 3. The van der Waals surface area contributed by atoms with Gasteiger partial charge in [-0.05, 0) is 25.3 Å². The van der Waals surface area contributed by atoms with Crippen molar-refractivity contribution in [3.8, 4) is 17.6 Å². The van der Waals surface area contributed by atoms with Crippen LogP contribution in [0.4, 0.5) is 17.6 Å². The Morgan fingerprint density at radius 1 is 1.25 bits per heavy atom. The predicted octanol–water partition coefficient (Wildman–Crippen LogP) is 3.37. The number of aryl methyl sites for hydroxylation is 2. The Hall–Kier alpha value is -4.13. The van der Waals surface area contributed by atoms with Gasteiger partial charge in [0.2, 0.25) is 5.95 Å². The van der Waals surface area contributed by atoms with Crippen molar-refractivity contribution >= 4 is 28.7 Å². The third kappa shape index (κ3) is 2.71. The molecule has 160 valence electrons. The summed E-state index contributed by atoms with van der Waals surface area (Å²) in [5.41, 5.74) is 8.73. The van der Waals surface area contributed by atoms with Crippen molar-refractivity contribution in [2.75, 3.05) is 11.1 Å². The van der Waals surface area contributed by atoms with Crippen LogP contribution in [-0.2, 0) is 19.0 Å². The van der Waals surface area contributed by atoms with E-state index < -0.39 is 0 Å². The van der Waals surface area contributed by atoms with Gasteiger partial charge in [-0.3, -0.25) is 4.68 Å². The maximum absolute atomic E-state index is 9.87. The fourth-order valence-electron chi connectivity index (χ4n) is 4.82. The number of fused-ring (bicyclic) bond motifs is 3. The Kier molecular flexibility index (Phi) is 3.89. The fraction of sp³-hybridized carbons (Fsp3) is 0.318. The molecule has 6 rings (SSSR count). The lowest BCUT2D eigenvalue weighted by Crippen LogP contribution is -2.31. The molecule has 10 heteroatoms. The van der Waals surface area contributed by atoms with E-state index >= 15 is 0 Å². The van der Waals surface area contributed by atoms with Crippen molar-refractivity contribution < 1.29 is 4.74 Å². The summed E-state index contributed by atoms with van der Waals surface area (Å²) in [4.78, 5) is 12.9. The van der Waals surface area contributed by atoms with E-state index in [9.17, 15) is 5.26 Å². The zero-order valence-electron chi connectivity index (χ0n) is 17.5. The van der Waals surface area contributed by atoms with Crippen LogP contribution >= 0.6 is 0 Å². The third-order valence-electron chi connectivity index (χ3n) is 6.63. The van der Waals surface area contributed by atoms with E-state index in [1.54, 1.807) is 22.9 Å². The highest BCUT2D eigenvalue weighted by Crippen LogP contribution is 2.50. The van der Waals surface area contributed by atoms with E-state index in [0.717, 1.165) is 12.4 Å². The first-order chi connectivity index (χ1) is 15.6. The molecule has 2 aliphatic rings. The van der Waals surface area contributed by atoms with Gasteiger partial charge in [-0.15, -0.1) is 0 Å². The summed E-state index contributed by atoms with van der Waals surface area (Å²) in [6.07, 6.45) is 8.00. The molecule has 1 fully saturated rings. The van der Waals surface area contributed by atoms with Crippen LogP contribution in [-0.4, -0.2) is 29.3 Å². The van der Waals surface area contributed by atoms with Crippen LogP contribution in [0.2, 0.25) is 0 Å². The van der Waals surface area contributed by atoms with Crippen LogP contribution in [0.5, 0.6) is 11.5 Å². The average molecular weight is 427 g/mol. The lowest BCUT2D eigenvalue weighted by Gasteiger charge is -2.37. The second-order valence-corrected chi connectivity index (χ2v) is 8.44. The molecule has 0 unspecified atom stereocenters. The van der Waals surface area contributed by atoms with Crippen LogP contribution < -0.4 is 15.8 Å². The number of aromatic nitrogens is 6. The van der Waals surface area contributed by atoms with Crippen LogP contribution in [0.1, 0.15) is 36.9 Å². The van der Waals surface area contributed by atoms with Crippen molar-refractivity contribution in [3.63, 3.8) is 0 Å². The van der Waals surface area contributed by atoms with Crippen LogP contribution in [0.15, 0.2) is 30.6 Å². The summed E-state index contributed by atoms with van der Waals surface area (Å²) >= 11 is 0. The molecule has 0 radical (unpaired) electrons. The summed E-state index contributed by atoms with van der Waals surface area (Å²) in [7, 11) is 1.84. The second kappa shape index (κ2) is 6.68. The average Bonchev–Trinajstić information content (AvgIpc) is 3.40. The van der Waals surface area contributed by atoms with Gasteiger partial charge in [0.1, 0.15) is 28.7 Å². The van der Waals surface area contributed by atoms with Gasteiger partial charge in [-0.2, -0.15) is 15.3 Å². The van der Waals surface area contributed by atoms with Gasteiger partial charge in [-0.1, -0.05) is 6.42 Å². The van der Waals surface area contributed by atoms with Crippen LogP contribution in [0.3, 0.4) is 0 Å². The van der Waals surface area contributed by atoms with Gasteiger partial charge in [0.05, 0.1) is 6.20 Å². The standard InChI is InChI=1S/C22H21N9O/c1-30-19-14(11-23)15(32-13-3-7-25-17(24)9-13)12-26-20(19)28-21(30)27-18-10-16-22(4-2-5-22)6-8-31(16)29-18/h3,7,9-10,12H,2,4-6,8H2,1H3,(H2,24,25)(H,26,27,28,29). The van der Waals surface area contributed by atoms with Crippen LogP contribution in [0, 0.1) is 11.3 Å². The molecule has 10 nitrogen and oxygen atoms in total. The molecule has 0 aromatic carbocycles. The first-order valence-electron chi connectivity index (χ1n) is 10.6. The van der Waals surface area contributed by atoms with Gasteiger partial charge in [0, 0.05) is 43.0 Å². The number of imidazole rings is 1. The maximum Gasteiger partial charge on any atom is 0.210 e. The summed E-state index contributed by atoms with van der Waals surface area (Å²) < 4.78 is 9.78. The number of hydrogen-bond acceptors (Lipinski definition) is 8. The quantitative estimate of drug-likeness (QED) is 0.506. The first kappa shape index (κ1) is 18.6. The summed E-state index contributed by atoms with van der Waals surface area (Å²) in [6.45, 7) is 0.958. The molecule has 4 aromatic heterocycles. The number of ether oxygens (including phenoxy) is 1. The molecule has 5 heterocycles. The second-order valence-electron chi connectivity index (χ2n) is 8.44. The van der Waals surface area contributed by atoms with Gasteiger partial charge < -0.3 is 20.4 Å². The molecule has 0 atom stereocenters. The summed E-state index contributed by atoms with van der Waals surface area (Å²) in [5, 5.41) is 17.9. The zero-order chi connectivity index (χ0) is 21.9. The molecule has 1 aliphatic carbocycles. The van der Waals surface area contributed by atoms with E-state index in [-0.39, 0.29) is 0 Å². The molecule has 4 aromatic rings. The van der Waals surface area contributed by atoms with Crippen LogP contribution in [0.25, 0.3) is 11.2 Å². The van der Waals surface area contributed by atoms with Crippen molar-refractivity contribution in [2.45, 2.75) is 37.6 Å². The molecule has 3 N–H and O–H groups in total. The lowest BCUT2D eigenvalue weighted by molar-refractivity contribution is 0.244. The Balaban J connectivity index is 1.35. The minimum Gasteiger partial charge on any atom is -0.454 e. The summed E-state index contributed by atoms with van der Waals surface area (Å²) in [5.74, 6) is 2.46. The Morgan fingerprint density at radius 3 is 2.88 bits per heavy atom. The van der Waals surface area contributed by atoms with E-state index in [2.05, 4.69) is 37.1 Å². The van der Waals surface area contributed by atoms with Crippen molar-refractivity contribution in [3.05, 3.63) is 41.9 Å². The molecule has 1 spiro atoms. The molecule has 1 saturated carbocycles. The molecule has 32 heavy (non-hydrogen) atoms. The highest BCUT2D eigenvalue weighted by atomic mass is 16.5. The number of nitrogens with one attached hydrogen (secondary N) is 1. The minimum absolute atomic E-state index is 0.317. The van der Waals surface area contributed by atoms with E-state index in [1.165, 1.54) is 37.6 Å².